The molecule has 0 amide bonds. The molecule has 0 fully saturated rings. The van der Waals surface area contributed by atoms with E-state index in [1.54, 1.807) is 0 Å². The molecule has 0 saturated carbocycles. The van der Waals surface area contributed by atoms with Crippen molar-refractivity contribution in [1.29, 1.82) is 0 Å². The molecular formula is C15H20O. The molecule has 0 unspecified atom stereocenters. The molecule has 1 nitrogen and oxygen atoms in total. The van der Waals surface area contributed by atoms with E-state index < -0.39 is 0 Å². The van der Waals surface area contributed by atoms with Gasteiger partial charge in [-0.1, -0.05) is 24.3 Å². The Morgan fingerprint density at radius 1 is 1.19 bits per heavy atom. The van der Waals surface area contributed by atoms with Gasteiger partial charge in [-0.15, -0.1) is 0 Å². The van der Waals surface area contributed by atoms with Gasteiger partial charge in [-0.3, -0.25) is 0 Å². The Kier molecular flexibility index (Phi) is 4.84. The number of benzene rings is 1. The van der Waals surface area contributed by atoms with Gasteiger partial charge in [-0.25, -0.2) is 0 Å². The normalized spacial score (nSPS) is 12.8. The monoisotopic (exact) mass is 216 g/mol. The summed E-state index contributed by atoms with van der Waals surface area (Å²) in [6.07, 6.45) is 3.95. The topological polar surface area (TPSA) is 9.23 Å². The van der Waals surface area contributed by atoms with Gasteiger partial charge in [0.15, 0.2) is 0 Å². The molecule has 0 heterocycles. The quantitative estimate of drug-likeness (QED) is 0.673. The number of hydrogen-bond acceptors (Lipinski definition) is 1. The fourth-order valence-electron chi connectivity index (χ4n) is 1.45. The standard InChI is InChI=1S/C15H20O/c1-5-12(3)14-8-7-9-15(10-14)13(4)11-16-6-2/h5,7-11H,6H2,1-4H3/b12-5+,13-11+. The van der Waals surface area contributed by atoms with Crippen LogP contribution < -0.4 is 0 Å². The summed E-state index contributed by atoms with van der Waals surface area (Å²) in [6, 6.07) is 8.52. The first kappa shape index (κ1) is 12.6. The van der Waals surface area contributed by atoms with Gasteiger partial charge in [0.05, 0.1) is 12.9 Å². The van der Waals surface area contributed by atoms with Crippen LogP contribution in [0.5, 0.6) is 0 Å². The van der Waals surface area contributed by atoms with Gasteiger partial charge in [0.1, 0.15) is 0 Å². The Labute approximate surface area is 98.5 Å². The largest absolute Gasteiger partial charge is 0.501 e. The Balaban J connectivity index is 2.99. The second kappa shape index (κ2) is 6.16. The van der Waals surface area contributed by atoms with Crippen LogP contribution in [0.15, 0.2) is 36.6 Å². The first-order valence-electron chi connectivity index (χ1n) is 5.71. The lowest BCUT2D eigenvalue weighted by Gasteiger charge is -2.06. The lowest BCUT2D eigenvalue weighted by atomic mass is 10.0. The van der Waals surface area contributed by atoms with E-state index >= 15 is 0 Å². The van der Waals surface area contributed by atoms with Crippen molar-refractivity contribution in [2.24, 2.45) is 0 Å². The van der Waals surface area contributed by atoms with E-state index in [2.05, 4.69) is 51.1 Å². The highest BCUT2D eigenvalue weighted by molar-refractivity contribution is 5.70. The molecule has 0 atom stereocenters. The second-order valence-electron chi connectivity index (χ2n) is 3.81. The van der Waals surface area contributed by atoms with Crippen molar-refractivity contribution >= 4 is 11.1 Å². The van der Waals surface area contributed by atoms with E-state index in [0.717, 1.165) is 5.57 Å². The van der Waals surface area contributed by atoms with Gasteiger partial charge < -0.3 is 4.74 Å². The first-order chi connectivity index (χ1) is 7.69. The van der Waals surface area contributed by atoms with Gasteiger partial charge >= 0.3 is 0 Å². The second-order valence-corrected chi connectivity index (χ2v) is 3.81. The summed E-state index contributed by atoms with van der Waals surface area (Å²) < 4.78 is 5.30. The molecular weight excluding hydrogens is 196 g/mol. The predicted molar refractivity (Wildman–Crippen MR) is 71.0 cm³/mol. The minimum Gasteiger partial charge on any atom is -0.501 e. The summed E-state index contributed by atoms with van der Waals surface area (Å²) in [5, 5.41) is 0. The summed E-state index contributed by atoms with van der Waals surface area (Å²) in [5.41, 5.74) is 4.94. The average Bonchev–Trinajstić information content (AvgIpc) is 2.35. The van der Waals surface area contributed by atoms with Gasteiger partial charge in [0.25, 0.3) is 0 Å². The molecule has 0 aromatic heterocycles. The van der Waals surface area contributed by atoms with Crippen molar-refractivity contribution in [3.63, 3.8) is 0 Å². The molecule has 0 aliphatic rings. The molecule has 0 radical (unpaired) electrons. The van der Waals surface area contributed by atoms with Crippen LogP contribution in [0.1, 0.15) is 38.8 Å². The molecule has 1 rings (SSSR count). The molecule has 1 heteroatoms. The maximum atomic E-state index is 5.30. The SMILES string of the molecule is C/C=C(\C)c1cccc(/C(C)=C/OCC)c1. The number of allylic oxidation sites excluding steroid dienone is 3. The van der Waals surface area contributed by atoms with Crippen LogP contribution in [0.4, 0.5) is 0 Å². The summed E-state index contributed by atoms with van der Waals surface area (Å²) in [5.74, 6) is 0. The highest BCUT2D eigenvalue weighted by Gasteiger charge is 1.99. The molecule has 1 aromatic rings. The molecule has 16 heavy (non-hydrogen) atoms. The minimum absolute atomic E-state index is 0.713. The zero-order chi connectivity index (χ0) is 12.0. The molecule has 0 N–H and O–H groups in total. The van der Waals surface area contributed by atoms with Crippen LogP contribution >= 0.6 is 0 Å². The number of rotatable bonds is 4. The van der Waals surface area contributed by atoms with E-state index in [1.165, 1.54) is 16.7 Å². The van der Waals surface area contributed by atoms with Gasteiger partial charge in [0.2, 0.25) is 0 Å². The Morgan fingerprint density at radius 3 is 2.38 bits per heavy atom. The van der Waals surface area contributed by atoms with Crippen molar-refractivity contribution < 1.29 is 4.74 Å². The van der Waals surface area contributed by atoms with Gasteiger partial charge in [-0.2, -0.15) is 0 Å². The zero-order valence-corrected chi connectivity index (χ0v) is 10.6. The van der Waals surface area contributed by atoms with Crippen molar-refractivity contribution in [2.75, 3.05) is 6.61 Å². The van der Waals surface area contributed by atoms with Crippen molar-refractivity contribution in [1.82, 2.24) is 0 Å². The summed E-state index contributed by atoms with van der Waals surface area (Å²) in [6.45, 7) is 8.96. The molecule has 0 aliphatic heterocycles. The van der Waals surface area contributed by atoms with Crippen molar-refractivity contribution in [2.45, 2.75) is 27.7 Å². The molecule has 1 aromatic carbocycles. The third kappa shape index (κ3) is 3.27. The molecule has 0 aliphatic carbocycles. The van der Waals surface area contributed by atoms with Crippen LogP contribution in [0.3, 0.4) is 0 Å². The summed E-state index contributed by atoms with van der Waals surface area (Å²) in [4.78, 5) is 0. The van der Waals surface area contributed by atoms with Crippen LogP contribution in [0, 0.1) is 0 Å². The van der Waals surface area contributed by atoms with Crippen LogP contribution in [-0.4, -0.2) is 6.61 Å². The van der Waals surface area contributed by atoms with E-state index in [-0.39, 0.29) is 0 Å². The number of ether oxygens (including phenoxy) is 1. The lowest BCUT2D eigenvalue weighted by molar-refractivity contribution is 0.270. The van der Waals surface area contributed by atoms with Gasteiger partial charge in [-0.05, 0) is 56.0 Å². The van der Waals surface area contributed by atoms with E-state index in [0.29, 0.717) is 6.61 Å². The van der Waals surface area contributed by atoms with Crippen LogP contribution in [0.25, 0.3) is 11.1 Å². The fourth-order valence-corrected chi connectivity index (χ4v) is 1.45. The Bertz CT molecular complexity index is 400. The fraction of sp³-hybridized carbons (Fsp3) is 0.333. The van der Waals surface area contributed by atoms with E-state index in [4.69, 9.17) is 4.74 Å². The van der Waals surface area contributed by atoms with Crippen LogP contribution in [-0.2, 0) is 4.74 Å². The maximum Gasteiger partial charge on any atom is 0.0863 e. The maximum absolute atomic E-state index is 5.30. The van der Waals surface area contributed by atoms with Gasteiger partial charge in [0, 0.05) is 0 Å². The van der Waals surface area contributed by atoms with Crippen LogP contribution in [0.2, 0.25) is 0 Å². The predicted octanol–water partition coefficient (Wildman–Crippen LogP) is 4.51. The Hall–Kier alpha value is -1.50. The molecule has 0 spiro atoms. The summed E-state index contributed by atoms with van der Waals surface area (Å²) in [7, 11) is 0. The third-order valence-electron chi connectivity index (χ3n) is 2.63. The van der Waals surface area contributed by atoms with E-state index in [1.807, 2.05) is 13.2 Å². The summed E-state index contributed by atoms with van der Waals surface area (Å²) >= 11 is 0. The third-order valence-corrected chi connectivity index (χ3v) is 2.63. The molecule has 0 bridgehead atoms. The highest BCUT2D eigenvalue weighted by atomic mass is 16.5. The first-order valence-corrected chi connectivity index (χ1v) is 5.71. The molecule has 86 valence electrons. The zero-order valence-electron chi connectivity index (χ0n) is 10.6. The number of hydrogen-bond donors (Lipinski definition) is 0. The minimum atomic E-state index is 0.713. The molecule has 0 saturated heterocycles. The van der Waals surface area contributed by atoms with Crippen molar-refractivity contribution in [3.05, 3.63) is 47.7 Å². The van der Waals surface area contributed by atoms with E-state index in [9.17, 15) is 0 Å². The smallest absolute Gasteiger partial charge is 0.0863 e. The van der Waals surface area contributed by atoms with Crippen molar-refractivity contribution in [3.8, 4) is 0 Å². The average molecular weight is 216 g/mol. The Morgan fingerprint density at radius 2 is 1.81 bits per heavy atom. The highest BCUT2D eigenvalue weighted by Crippen LogP contribution is 2.20. The lowest BCUT2D eigenvalue weighted by Crippen LogP contribution is -1.86.